The fourth-order valence-electron chi connectivity index (χ4n) is 4.79. The number of anilines is 1. The van der Waals surface area contributed by atoms with Crippen LogP contribution in [0.5, 0.6) is 0 Å². The number of rotatable bonds is 6. The fourth-order valence-corrected chi connectivity index (χ4v) is 4.79. The van der Waals surface area contributed by atoms with Crippen LogP contribution < -0.4 is 16.1 Å². The molecule has 0 aliphatic carbocycles. The summed E-state index contributed by atoms with van der Waals surface area (Å²) in [5.41, 5.74) is 10.9. The van der Waals surface area contributed by atoms with Crippen LogP contribution in [0.3, 0.4) is 0 Å². The van der Waals surface area contributed by atoms with Crippen LogP contribution in [0.15, 0.2) is 48.5 Å². The van der Waals surface area contributed by atoms with Crippen LogP contribution in [0.25, 0.3) is 21.7 Å². The zero-order valence-corrected chi connectivity index (χ0v) is 19.6. The lowest BCUT2D eigenvalue weighted by molar-refractivity contribution is 0.0644. The van der Waals surface area contributed by atoms with E-state index in [1.165, 1.54) is 0 Å². The van der Waals surface area contributed by atoms with Gasteiger partial charge in [0.15, 0.2) is 0 Å². The highest BCUT2D eigenvalue weighted by atomic mass is 16.2. The largest absolute Gasteiger partial charge is 0.339 e. The van der Waals surface area contributed by atoms with Crippen LogP contribution in [-0.4, -0.2) is 56.8 Å². The highest BCUT2D eigenvalue weighted by Gasteiger charge is 2.28. The number of hydrogen-bond donors (Lipinski definition) is 2. The SMILES string of the molecule is CCn1c(C(=O)N(Cc2nc3ccccc3c3ccccc23)NC)nnc1N1CCCC(N)C1. The van der Waals surface area contributed by atoms with Gasteiger partial charge in [0.2, 0.25) is 11.8 Å². The summed E-state index contributed by atoms with van der Waals surface area (Å²) in [6.45, 7) is 4.46. The van der Waals surface area contributed by atoms with Gasteiger partial charge in [0.05, 0.1) is 17.8 Å². The number of hydrazine groups is 1. The third-order valence-electron chi connectivity index (χ3n) is 6.49. The Balaban J connectivity index is 1.48. The number of nitrogens with two attached hydrogens (primary N) is 1. The Bertz CT molecular complexity index is 1330. The van der Waals surface area contributed by atoms with Gasteiger partial charge in [-0.1, -0.05) is 42.5 Å². The molecule has 0 spiro atoms. The van der Waals surface area contributed by atoms with Crippen LogP contribution in [0.1, 0.15) is 36.1 Å². The summed E-state index contributed by atoms with van der Waals surface area (Å²) >= 11 is 0. The molecule has 2 aromatic heterocycles. The maximum atomic E-state index is 13.6. The topological polar surface area (TPSA) is 105 Å². The average Bonchev–Trinajstić information content (AvgIpc) is 3.31. The number of piperidine rings is 1. The van der Waals surface area contributed by atoms with Gasteiger partial charge in [0.1, 0.15) is 0 Å². The van der Waals surface area contributed by atoms with Crippen molar-refractivity contribution in [2.24, 2.45) is 5.73 Å². The monoisotopic (exact) mass is 458 g/mol. The van der Waals surface area contributed by atoms with Crippen LogP contribution >= 0.6 is 0 Å². The van der Waals surface area contributed by atoms with Crippen molar-refractivity contribution in [3.05, 3.63) is 60.0 Å². The number of para-hydroxylation sites is 1. The Kier molecular flexibility index (Phi) is 6.12. The number of amides is 1. The lowest BCUT2D eigenvalue weighted by atomic mass is 10.0. The van der Waals surface area contributed by atoms with Crippen molar-refractivity contribution in [1.82, 2.24) is 30.2 Å². The van der Waals surface area contributed by atoms with E-state index in [-0.39, 0.29) is 11.9 Å². The van der Waals surface area contributed by atoms with Crippen molar-refractivity contribution < 1.29 is 4.79 Å². The first-order chi connectivity index (χ1) is 16.6. The van der Waals surface area contributed by atoms with Gasteiger partial charge in [0, 0.05) is 43.5 Å². The van der Waals surface area contributed by atoms with E-state index in [1.54, 1.807) is 12.1 Å². The van der Waals surface area contributed by atoms with Crippen molar-refractivity contribution in [3.63, 3.8) is 0 Å². The molecule has 0 bridgehead atoms. The average molecular weight is 459 g/mol. The Morgan fingerprint density at radius 3 is 2.59 bits per heavy atom. The number of carbonyl (C=O) groups excluding carboxylic acids is 1. The van der Waals surface area contributed by atoms with E-state index < -0.39 is 0 Å². The molecular weight excluding hydrogens is 428 g/mol. The second-order valence-corrected chi connectivity index (χ2v) is 8.65. The lowest BCUT2D eigenvalue weighted by Crippen LogP contribution is -2.44. The molecule has 1 saturated heterocycles. The minimum absolute atomic E-state index is 0.107. The molecule has 1 fully saturated rings. The van der Waals surface area contributed by atoms with Crippen molar-refractivity contribution in [1.29, 1.82) is 0 Å². The molecule has 0 saturated carbocycles. The molecule has 0 radical (unpaired) electrons. The summed E-state index contributed by atoms with van der Waals surface area (Å²) in [5, 5.41) is 13.4. The number of fused-ring (bicyclic) bond motifs is 3. The van der Waals surface area contributed by atoms with Gasteiger partial charge in [-0.25, -0.2) is 5.43 Å². The quantitative estimate of drug-likeness (QED) is 0.338. The molecule has 9 nitrogen and oxygen atoms in total. The number of pyridine rings is 1. The van der Waals surface area contributed by atoms with Gasteiger partial charge in [-0.3, -0.25) is 19.4 Å². The van der Waals surface area contributed by atoms with E-state index in [4.69, 9.17) is 10.7 Å². The number of hydrogen-bond acceptors (Lipinski definition) is 7. The number of benzene rings is 2. The molecule has 1 amide bonds. The van der Waals surface area contributed by atoms with Gasteiger partial charge < -0.3 is 10.6 Å². The van der Waals surface area contributed by atoms with Gasteiger partial charge in [-0.05, 0) is 31.2 Å². The minimum atomic E-state index is -0.247. The van der Waals surface area contributed by atoms with E-state index in [0.717, 1.165) is 53.3 Å². The number of aromatic nitrogens is 4. The molecule has 3 heterocycles. The smallest absolute Gasteiger partial charge is 0.306 e. The third kappa shape index (κ3) is 3.97. The number of nitrogens with zero attached hydrogens (tertiary/aromatic N) is 6. The zero-order valence-electron chi connectivity index (χ0n) is 19.6. The maximum Gasteiger partial charge on any atom is 0.306 e. The van der Waals surface area contributed by atoms with Crippen LogP contribution in [0.2, 0.25) is 0 Å². The van der Waals surface area contributed by atoms with E-state index in [9.17, 15) is 4.79 Å². The summed E-state index contributed by atoms with van der Waals surface area (Å²) in [6, 6.07) is 16.3. The minimum Gasteiger partial charge on any atom is -0.339 e. The number of carbonyl (C=O) groups is 1. The first-order valence-electron chi connectivity index (χ1n) is 11.8. The normalized spacial score (nSPS) is 16.3. The van der Waals surface area contributed by atoms with Gasteiger partial charge >= 0.3 is 5.91 Å². The van der Waals surface area contributed by atoms with E-state index in [1.807, 2.05) is 41.8 Å². The van der Waals surface area contributed by atoms with Crippen molar-refractivity contribution in [2.45, 2.75) is 38.9 Å². The highest BCUT2D eigenvalue weighted by Crippen LogP contribution is 2.27. The van der Waals surface area contributed by atoms with E-state index >= 15 is 0 Å². The molecule has 1 unspecified atom stereocenters. The molecule has 1 aliphatic heterocycles. The Morgan fingerprint density at radius 2 is 1.85 bits per heavy atom. The molecule has 34 heavy (non-hydrogen) atoms. The second-order valence-electron chi connectivity index (χ2n) is 8.65. The first kappa shape index (κ1) is 22.2. The Morgan fingerprint density at radius 1 is 1.12 bits per heavy atom. The van der Waals surface area contributed by atoms with E-state index in [2.05, 4.69) is 38.7 Å². The summed E-state index contributed by atoms with van der Waals surface area (Å²) in [6.07, 6.45) is 2.01. The molecule has 4 aromatic rings. The maximum absolute atomic E-state index is 13.6. The zero-order chi connectivity index (χ0) is 23.7. The molecule has 1 atom stereocenters. The van der Waals surface area contributed by atoms with E-state index in [0.29, 0.717) is 24.9 Å². The van der Waals surface area contributed by atoms with Crippen LogP contribution in [0, 0.1) is 0 Å². The van der Waals surface area contributed by atoms with Gasteiger partial charge in [0.25, 0.3) is 0 Å². The summed E-state index contributed by atoms with van der Waals surface area (Å²) in [5.74, 6) is 0.755. The highest BCUT2D eigenvalue weighted by molar-refractivity contribution is 6.06. The lowest BCUT2D eigenvalue weighted by Gasteiger charge is -2.31. The summed E-state index contributed by atoms with van der Waals surface area (Å²) < 4.78 is 1.87. The molecule has 5 rings (SSSR count). The predicted octanol–water partition coefficient (Wildman–Crippen LogP) is 2.70. The summed E-state index contributed by atoms with van der Waals surface area (Å²) in [7, 11) is 1.73. The van der Waals surface area contributed by atoms with Crippen molar-refractivity contribution >= 4 is 33.5 Å². The standard InChI is InChI=1S/C25H30N8O/c1-3-32-23(29-30-25(32)31-14-8-9-17(26)15-31)24(34)33(27-2)16-22-20-12-5-4-10-18(20)19-11-6-7-13-21(19)28-22/h4-7,10-13,17,27H,3,8-9,14-16,26H2,1-2H3. The molecule has 9 heteroatoms. The number of nitrogens with one attached hydrogen (secondary N) is 1. The van der Waals surface area contributed by atoms with Gasteiger partial charge in [-0.2, -0.15) is 0 Å². The summed E-state index contributed by atoms with van der Waals surface area (Å²) in [4.78, 5) is 20.6. The second kappa shape index (κ2) is 9.36. The molecule has 2 aromatic carbocycles. The first-order valence-corrected chi connectivity index (χ1v) is 11.8. The predicted molar refractivity (Wildman–Crippen MR) is 133 cm³/mol. The molecular formula is C25H30N8O. The molecule has 1 aliphatic rings. The van der Waals surface area contributed by atoms with Crippen molar-refractivity contribution in [2.75, 3.05) is 25.0 Å². The van der Waals surface area contributed by atoms with Crippen LogP contribution in [0.4, 0.5) is 5.95 Å². The van der Waals surface area contributed by atoms with Crippen LogP contribution in [-0.2, 0) is 13.1 Å². The third-order valence-corrected chi connectivity index (χ3v) is 6.49. The Labute approximate surface area is 198 Å². The molecule has 3 N–H and O–H groups in total. The van der Waals surface area contributed by atoms with Crippen molar-refractivity contribution in [3.8, 4) is 0 Å². The fraction of sp³-hybridized carbons (Fsp3) is 0.360. The molecule has 176 valence electrons. The Hall–Kier alpha value is -3.56. The van der Waals surface area contributed by atoms with Gasteiger partial charge in [-0.15, -0.1) is 10.2 Å².